The maximum absolute atomic E-state index is 13.2. The average Bonchev–Trinajstić information content (AvgIpc) is 3.17. The Hall–Kier alpha value is -2.55. The second-order valence-corrected chi connectivity index (χ2v) is 11.4. The van der Waals surface area contributed by atoms with Crippen molar-refractivity contribution in [1.82, 2.24) is 5.32 Å². The first-order valence-corrected chi connectivity index (χ1v) is 12.7. The quantitative estimate of drug-likeness (QED) is 0.311. The van der Waals surface area contributed by atoms with Gasteiger partial charge in [0.25, 0.3) is 0 Å². The lowest BCUT2D eigenvalue weighted by atomic mass is 9.44. The molecule has 4 aliphatic carbocycles. The fourth-order valence-corrected chi connectivity index (χ4v) is 7.28. The molecule has 9 nitrogen and oxygen atoms in total. The van der Waals surface area contributed by atoms with Gasteiger partial charge in [0.1, 0.15) is 0 Å². The highest BCUT2D eigenvalue weighted by atomic mass is 16.6. The highest BCUT2D eigenvalue weighted by Crippen LogP contribution is 2.64. The van der Waals surface area contributed by atoms with E-state index in [0.29, 0.717) is 30.4 Å². The van der Waals surface area contributed by atoms with Gasteiger partial charge in [0.2, 0.25) is 11.6 Å². The summed E-state index contributed by atoms with van der Waals surface area (Å²) in [5.41, 5.74) is 1.22. The number of Topliss-reactive ketones (excluding diaryl/α,β-unsaturated/α-hetero) is 2. The fourth-order valence-electron chi connectivity index (χ4n) is 7.28. The average molecular weight is 489 g/mol. The Labute approximate surface area is 205 Å². The molecule has 5 rings (SSSR count). The molecule has 0 bridgehead atoms. The molecule has 0 amide bonds. The topological polar surface area (TPSA) is 142 Å². The summed E-state index contributed by atoms with van der Waals surface area (Å²) in [4.78, 5) is 51.2. The molecule has 3 N–H and O–H groups in total. The molecule has 5 aliphatic rings. The molecule has 9 heteroatoms. The smallest absolute Gasteiger partial charge is 0.328 e. The maximum Gasteiger partial charge on any atom is 0.328 e. The van der Waals surface area contributed by atoms with Gasteiger partial charge < -0.3 is 20.4 Å². The lowest BCUT2D eigenvalue weighted by molar-refractivity contribution is -0.164. The largest absolute Gasteiger partial charge is 0.478 e. The van der Waals surface area contributed by atoms with Crippen LogP contribution in [0, 0.1) is 34.5 Å². The normalized spacial score (nSPS) is 39.7. The third-order valence-corrected chi connectivity index (χ3v) is 9.39. The zero-order valence-electron chi connectivity index (χ0n) is 20.5. The second kappa shape index (κ2) is 9.84. The van der Waals surface area contributed by atoms with Gasteiger partial charge >= 0.3 is 11.9 Å². The Bertz CT molecular complexity index is 939. The van der Waals surface area contributed by atoms with Crippen molar-refractivity contribution in [2.45, 2.75) is 71.3 Å². The van der Waals surface area contributed by atoms with E-state index in [1.807, 2.05) is 0 Å². The molecule has 6 atom stereocenters. The van der Waals surface area contributed by atoms with Crippen LogP contribution in [0.3, 0.4) is 0 Å². The predicted molar refractivity (Wildman–Crippen MR) is 127 cm³/mol. The third-order valence-electron chi connectivity index (χ3n) is 9.39. The van der Waals surface area contributed by atoms with Gasteiger partial charge in [-0.25, -0.2) is 9.59 Å². The molecule has 1 unspecified atom stereocenters. The van der Waals surface area contributed by atoms with Crippen molar-refractivity contribution in [1.29, 1.82) is 0 Å². The van der Waals surface area contributed by atoms with Crippen LogP contribution in [-0.2, 0) is 24.0 Å². The van der Waals surface area contributed by atoms with Crippen LogP contribution in [0.4, 0.5) is 0 Å². The number of hydrogen-bond acceptors (Lipinski definition) is 7. The first-order chi connectivity index (χ1) is 16.5. The highest BCUT2D eigenvalue weighted by Gasteiger charge is 2.63. The van der Waals surface area contributed by atoms with Gasteiger partial charge in [0.15, 0.2) is 6.10 Å². The summed E-state index contributed by atoms with van der Waals surface area (Å²) < 4.78 is 0. The van der Waals surface area contributed by atoms with Gasteiger partial charge in [0.05, 0.1) is 5.71 Å². The third kappa shape index (κ3) is 4.92. The molecule has 5 fully saturated rings. The van der Waals surface area contributed by atoms with Crippen molar-refractivity contribution in [2.24, 2.45) is 39.7 Å². The monoisotopic (exact) mass is 488 g/mol. The van der Waals surface area contributed by atoms with Gasteiger partial charge in [-0.3, -0.25) is 9.59 Å². The van der Waals surface area contributed by atoms with Gasteiger partial charge in [-0.15, -0.1) is 0 Å². The zero-order valence-corrected chi connectivity index (χ0v) is 20.5. The second-order valence-electron chi connectivity index (χ2n) is 11.4. The lowest BCUT2D eigenvalue weighted by Gasteiger charge is -2.58. The van der Waals surface area contributed by atoms with Crippen molar-refractivity contribution in [3.63, 3.8) is 0 Å². The number of fused-ring (bicyclic) bond motifs is 5. The Morgan fingerprint density at radius 1 is 1.00 bits per heavy atom. The molecule has 4 saturated carbocycles. The van der Waals surface area contributed by atoms with Crippen LogP contribution >= 0.6 is 0 Å². The van der Waals surface area contributed by atoms with E-state index < -0.39 is 11.9 Å². The van der Waals surface area contributed by atoms with Crippen LogP contribution in [0.1, 0.15) is 65.2 Å². The SMILES string of the molecule is C[C@@]12CCC[C@H]1[C@@H]1C(=O)C(=O)C3CC(=NOC4CNC4)CC[C@]3(C)[C@H]1CC2.O=C(O)/C=C/C(=O)O. The minimum absolute atomic E-state index is 0.0178. The van der Waals surface area contributed by atoms with Gasteiger partial charge in [-0.2, -0.15) is 0 Å². The number of oxime groups is 1. The summed E-state index contributed by atoms with van der Waals surface area (Å²) in [7, 11) is 0. The number of rotatable bonds is 4. The Morgan fingerprint density at radius 2 is 1.69 bits per heavy atom. The molecule has 0 spiro atoms. The first-order valence-electron chi connectivity index (χ1n) is 12.7. The van der Waals surface area contributed by atoms with Gasteiger partial charge in [-0.1, -0.05) is 25.4 Å². The maximum atomic E-state index is 13.2. The molecule has 0 aromatic rings. The number of nitrogens with zero attached hydrogens (tertiary/aromatic N) is 1. The van der Waals surface area contributed by atoms with Gasteiger partial charge in [-0.05, 0) is 67.6 Å². The van der Waals surface area contributed by atoms with Crippen LogP contribution < -0.4 is 5.32 Å². The minimum Gasteiger partial charge on any atom is -0.478 e. The Morgan fingerprint density at radius 3 is 2.29 bits per heavy atom. The number of carbonyl (C=O) groups excluding carboxylic acids is 2. The van der Waals surface area contributed by atoms with E-state index in [1.54, 1.807) is 0 Å². The van der Waals surface area contributed by atoms with Crippen LogP contribution in [0.2, 0.25) is 0 Å². The summed E-state index contributed by atoms with van der Waals surface area (Å²) >= 11 is 0. The summed E-state index contributed by atoms with van der Waals surface area (Å²) in [5.74, 6) is -2.07. The van der Waals surface area contributed by atoms with Crippen molar-refractivity contribution in [3.05, 3.63) is 12.2 Å². The molecule has 192 valence electrons. The van der Waals surface area contributed by atoms with Crippen LogP contribution in [-0.4, -0.2) is 58.6 Å². The van der Waals surface area contributed by atoms with Crippen LogP contribution in [0.25, 0.3) is 0 Å². The lowest BCUT2D eigenvalue weighted by Crippen LogP contribution is -2.60. The molecule has 1 heterocycles. The van der Waals surface area contributed by atoms with Gasteiger partial charge in [0, 0.05) is 37.1 Å². The zero-order chi connectivity index (χ0) is 25.4. The standard InChI is InChI=1S/C22H32N2O3.C4H4O4/c1-21-7-3-4-15(21)18-16(6-8-21)22(2)9-5-13(24-27-14-11-23-12-14)10-17(22)19(25)20(18)26;5-3(6)1-2-4(7)8/h14-18,23H,3-12H2,1-2H3;1-2H,(H,5,6)(H,7,8)/b;2-1+/t15-,16-,17?,18-,21-,22+;/m0./s1. The van der Waals surface area contributed by atoms with E-state index in [4.69, 9.17) is 15.1 Å². The molecular weight excluding hydrogens is 452 g/mol. The van der Waals surface area contributed by atoms with Crippen molar-refractivity contribution < 1.29 is 34.2 Å². The van der Waals surface area contributed by atoms with E-state index in [-0.39, 0.29) is 40.3 Å². The predicted octanol–water partition coefficient (Wildman–Crippen LogP) is 2.83. The number of ketones is 2. The van der Waals surface area contributed by atoms with Crippen LogP contribution in [0.15, 0.2) is 17.3 Å². The Balaban J connectivity index is 0.000000314. The fraction of sp³-hybridized carbons (Fsp3) is 0.731. The van der Waals surface area contributed by atoms with E-state index in [0.717, 1.165) is 44.5 Å². The van der Waals surface area contributed by atoms with Crippen molar-refractivity contribution in [2.75, 3.05) is 13.1 Å². The number of carbonyl (C=O) groups is 4. The summed E-state index contributed by atoms with van der Waals surface area (Å²) in [6.07, 6.45) is 9.68. The van der Waals surface area contributed by atoms with E-state index >= 15 is 0 Å². The molecule has 35 heavy (non-hydrogen) atoms. The first kappa shape index (κ1) is 25.5. The summed E-state index contributed by atoms with van der Waals surface area (Å²) in [6, 6.07) is 0. The van der Waals surface area contributed by atoms with Crippen LogP contribution in [0.5, 0.6) is 0 Å². The Kier molecular flexibility index (Phi) is 7.18. The molecule has 1 saturated heterocycles. The number of nitrogens with one attached hydrogen (secondary N) is 1. The number of aliphatic carboxylic acids is 2. The number of carboxylic acids is 2. The highest BCUT2D eigenvalue weighted by molar-refractivity contribution is 6.40. The van der Waals surface area contributed by atoms with E-state index in [2.05, 4.69) is 24.3 Å². The van der Waals surface area contributed by atoms with E-state index in [1.165, 1.54) is 19.3 Å². The van der Waals surface area contributed by atoms with Crippen molar-refractivity contribution >= 4 is 29.2 Å². The molecule has 0 aromatic carbocycles. The number of carboxylic acid groups (broad SMARTS) is 2. The molecular formula is C26H36N2O7. The number of hydrogen-bond donors (Lipinski definition) is 3. The minimum atomic E-state index is -1.26. The molecule has 0 aromatic heterocycles. The summed E-state index contributed by atoms with van der Waals surface area (Å²) in [6.45, 7) is 6.36. The molecule has 0 radical (unpaired) electrons. The summed E-state index contributed by atoms with van der Waals surface area (Å²) in [5, 5.41) is 23.2. The van der Waals surface area contributed by atoms with E-state index in [9.17, 15) is 19.2 Å². The molecule has 1 aliphatic heterocycles. The van der Waals surface area contributed by atoms with Crippen molar-refractivity contribution in [3.8, 4) is 0 Å².